The molecule has 0 rings (SSSR count). The van der Waals surface area contributed by atoms with Crippen molar-refractivity contribution in [2.45, 2.75) is 13.8 Å². The highest BCUT2D eigenvalue weighted by atomic mass is 16.5. The number of imide groups is 1. The van der Waals surface area contributed by atoms with Crippen molar-refractivity contribution in [2.24, 2.45) is 0 Å². The molecule has 46 valence electrons. The molecule has 0 saturated carbocycles. The van der Waals surface area contributed by atoms with Crippen LogP contribution in [-0.2, 0) is 9.59 Å². The number of carbonyl (C=O) groups excluding carboxylic acids is 2. The molecule has 0 fully saturated rings. The van der Waals surface area contributed by atoms with Crippen molar-refractivity contribution >= 4 is 11.8 Å². The van der Waals surface area contributed by atoms with Gasteiger partial charge in [-0.15, -0.1) is 0 Å². The van der Waals surface area contributed by atoms with E-state index in [4.69, 9.17) is 5.21 Å². The molecule has 0 spiro atoms. The molecule has 0 saturated heterocycles. The van der Waals surface area contributed by atoms with Gasteiger partial charge in [0.1, 0.15) is 0 Å². The number of hydrogen-bond donors (Lipinski definition) is 1. The number of carbonyl (C=O) groups is 2. The third kappa shape index (κ3) is 1.70. The molecule has 0 aliphatic rings. The number of hydroxylamine groups is 2. The van der Waals surface area contributed by atoms with Gasteiger partial charge in [-0.05, 0) is 0 Å². The van der Waals surface area contributed by atoms with E-state index in [0.717, 1.165) is 13.8 Å². The maximum Gasteiger partial charge on any atom is 0.250 e. The van der Waals surface area contributed by atoms with Crippen LogP contribution >= 0.6 is 0 Å². The van der Waals surface area contributed by atoms with Crippen LogP contribution in [0, 0.1) is 0 Å². The molecular weight excluding hydrogens is 110 g/mol. The molecule has 2 amide bonds. The first-order valence-electron chi connectivity index (χ1n) is 2.06. The van der Waals surface area contributed by atoms with Gasteiger partial charge in [-0.25, -0.2) is 0 Å². The Morgan fingerprint density at radius 3 is 1.50 bits per heavy atom. The molecule has 4 nitrogen and oxygen atoms in total. The Morgan fingerprint density at radius 1 is 1.25 bits per heavy atom. The van der Waals surface area contributed by atoms with E-state index in [-0.39, 0.29) is 5.06 Å². The van der Waals surface area contributed by atoms with Crippen molar-refractivity contribution < 1.29 is 14.8 Å². The lowest BCUT2D eigenvalue weighted by Gasteiger charge is -2.04. The van der Waals surface area contributed by atoms with Gasteiger partial charge in [0, 0.05) is 13.8 Å². The molecule has 4 heteroatoms. The van der Waals surface area contributed by atoms with E-state index in [9.17, 15) is 9.59 Å². The van der Waals surface area contributed by atoms with Crippen molar-refractivity contribution in [3.63, 3.8) is 0 Å². The SMILES string of the molecule is CC(=O)N(O)C(C)=O. The molecule has 1 N–H and O–H groups in total. The van der Waals surface area contributed by atoms with Crippen molar-refractivity contribution in [3.8, 4) is 0 Å². The average molecular weight is 117 g/mol. The van der Waals surface area contributed by atoms with E-state index in [2.05, 4.69) is 0 Å². The largest absolute Gasteiger partial charge is 0.279 e. The highest BCUT2D eigenvalue weighted by molar-refractivity contribution is 5.91. The molecule has 0 aliphatic carbocycles. The quantitative estimate of drug-likeness (QED) is 0.352. The van der Waals surface area contributed by atoms with Crippen LogP contribution in [0.5, 0.6) is 0 Å². The maximum absolute atomic E-state index is 10.0. The van der Waals surface area contributed by atoms with Gasteiger partial charge < -0.3 is 0 Å². The number of amides is 2. The first-order valence-corrected chi connectivity index (χ1v) is 2.06. The van der Waals surface area contributed by atoms with Gasteiger partial charge in [-0.1, -0.05) is 0 Å². The number of nitrogens with zero attached hydrogens (tertiary/aromatic N) is 1. The van der Waals surface area contributed by atoms with Gasteiger partial charge in [-0.2, -0.15) is 5.06 Å². The minimum Gasteiger partial charge on any atom is -0.279 e. The van der Waals surface area contributed by atoms with Crippen molar-refractivity contribution in [1.82, 2.24) is 5.06 Å². The Hall–Kier alpha value is -0.900. The summed E-state index contributed by atoms with van der Waals surface area (Å²) in [5, 5.41) is 8.39. The normalized spacial score (nSPS) is 8.38. The highest BCUT2D eigenvalue weighted by Gasteiger charge is 2.07. The second-order valence-electron chi connectivity index (χ2n) is 1.35. The Bertz CT molecular complexity index is 106. The van der Waals surface area contributed by atoms with Crippen molar-refractivity contribution in [3.05, 3.63) is 0 Å². The maximum atomic E-state index is 10.0. The summed E-state index contributed by atoms with van der Waals surface area (Å²) < 4.78 is 0. The summed E-state index contributed by atoms with van der Waals surface area (Å²) in [5.41, 5.74) is 0. The summed E-state index contributed by atoms with van der Waals surface area (Å²) in [6.45, 7) is 2.20. The monoisotopic (exact) mass is 117 g/mol. The molecule has 0 aromatic rings. The molecule has 0 atom stereocenters. The summed E-state index contributed by atoms with van der Waals surface area (Å²) in [5.74, 6) is -1.34. The molecule has 8 heavy (non-hydrogen) atoms. The zero-order chi connectivity index (χ0) is 6.73. The second kappa shape index (κ2) is 2.42. The molecule has 0 bridgehead atoms. The fourth-order valence-electron chi connectivity index (χ4n) is 0.222. The summed E-state index contributed by atoms with van der Waals surface area (Å²) in [7, 11) is 0. The van der Waals surface area contributed by atoms with E-state index < -0.39 is 11.8 Å². The Balaban J connectivity index is 3.83. The fraction of sp³-hybridized carbons (Fsp3) is 0.500. The van der Waals surface area contributed by atoms with Gasteiger partial charge >= 0.3 is 0 Å². The van der Waals surface area contributed by atoms with Gasteiger partial charge in [-0.3, -0.25) is 14.8 Å². The summed E-state index contributed by atoms with van der Waals surface area (Å²) in [4.78, 5) is 20.1. The first kappa shape index (κ1) is 7.10. The van der Waals surface area contributed by atoms with E-state index in [1.54, 1.807) is 0 Å². The number of hydrogen-bond acceptors (Lipinski definition) is 3. The predicted octanol–water partition coefficient (Wildman–Crippen LogP) is -0.229. The molecule has 0 heterocycles. The minimum atomic E-state index is -0.669. The van der Waals surface area contributed by atoms with Crippen LogP contribution in [0.15, 0.2) is 0 Å². The summed E-state index contributed by atoms with van der Waals surface area (Å²) >= 11 is 0. The number of rotatable bonds is 0. The smallest absolute Gasteiger partial charge is 0.250 e. The summed E-state index contributed by atoms with van der Waals surface area (Å²) in [6.07, 6.45) is 0. The lowest BCUT2D eigenvalue weighted by Crippen LogP contribution is -2.29. The summed E-state index contributed by atoms with van der Waals surface area (Å²) in [6, 6.07) is 0. The van der Waals surface area contributed by atoms with Crippen LogP contribution < -0.4 is 0 Å². The third-order valence-corrected chi connectivity index (χ3v) is 0.597. The lowest BCUT2D eigenvalue weighted by atomic mass is 10.6. The molecule has 0 aromatic heterocycles. The average Bonchev–Trinajstić information content (AvgIpc) is 1.64. The van der Waals surface area contributed by atoms with Crippen LogP contribution in [0.25, 0.3) is 0 Å². The van der Waals surface area contributed by atoms with E-state index >= 15 is 0 Å². The highest BCUT2D eigenvalue weighted by Crippen LogP contribution is 1.80. The molecule has 0 unspecified atom stereocenters. The predicted molar refractivity (Wildman–Crippen MR) is 25.0 cm³/mol. The molecular formula is C4H7NO3. The first-order chi connectivity index (χ1) is 3.55. The van der Waals surface area contributed by atoms with Crippen LogP contribution in [0.1, 0.15) is 13.8 Å². The van der Waals surface area contributed by atoms with Crippen LogP contribution in [0.4, 0.5) is 0 Å². The molecule has 0 radical (unpaired) electrons. The topological polar surface area (TPSA) is 57.6 Å². The molecule has 0 aromatic carbocycles. The fourth-order valence-corrected chi connectivity index (χ4v) is 0.222. The van der Waals surface area contributed by atoms with Gasteiger partial charge in [0.25, 0.3) is 0 Å². The standard InChI is InChI=1S/C4H7NO3/c1-3(6)5(8)4(2)7/h8H,1-2H3. The minimum absolute atomic E-state index is 0.0556. The zero-order valence-corrected chi connectivity index (χ0v) is 4.71. The lowest BCUT2D eigenvalue weighted by molar-refractivity contribution is -0.175. The van der Waals surface area contributed by atoms with Crippen molar-refractivity contribution in [2.75, 3.05) is 0 Å². The van der Waals surface area contributed by atoms with Crippen LogP contribution in [0.2, 0.25) is 0 Å². The van der Waals surface area contributed by atoms with Crippen LogP contribution in [-0.4, -0.2) is 22.1 Å². The van der Waals surface area contributed by atoms with E-state index in [1.165, 1.54) is 0 Å². The van der Waals surface area contributed by atoms with Gasteiger partial charge in [0.05, 0.1) is 0 Å². The van der Waals surface area contributed by atoms with E-state index in [0.29, 0.717) is 0 Å². The Labute approximate surface area is 46.7 Å². The van der Waals surface area contributed by atoms with Gasteiger partial charge in [0.15, 0.2) is 0 Å². The van der Waals surface area contributed by atoms with Gasteiger partial charge in [0.2, 0.25) is 11.8 Å². The van der Waals surface area contributed by atoms with Crippen molar-refractivity contribution in [1.29, 1.82) is 0 Å². The van der Waals surface area contributed by atoms with Crippen LogP contribution in [0.3, 0.4) is 0 Å². The Kier molecular flexibility index (Phi) is 2.15. The van der Waals surface area contributed by atoms with E-state index in [1.807, 2.05) is 0 Å². The zero-order valence-electron chi connectivity index (χ0n) is 4.71. The Morgan fingerprint density at radius 2 is 1.50 bits per heavy atom. The molecule has 0 aliphatic heterocycles. The second-order valence-corrected chi connectivity index (χ2v) is 1.35. The third-order valence-electron chi connectivity index (χ3n) is 0.597.